The van der Waals surface area contributed by atoms with Crippen molar-refractivity contribution in [2.75, 3.05) is 11.9 Å². The molecular weight excluding hydrogens is 342 g/mol. The van der Waals surface area contributed by atoms with Crippen molar-refractivity contribution in [2.24, 2.45) is 0 Å². The number of benzene rings is 2. The number of carbonyl (C=O) groups is 1. The number of halogens is 2. The van der Waals surface area contributed by atoms with Crippen molar-refractivity contribution in [1.29, 1.82) is 0 Å². The summed E-state index contributed by atoms with van der Waals surface area (Å²) in [6.07, 6.45) is 0. The molecule has 5 heteroatoms. The van der Waals surface area contributed by atoms with Gasteiger partial charge in [-0.05, 0) is 36.8 Å². The predicted octanol–water partition coefficient (Wildman–Crippen LogP) is 4.43. The second-order valence-electron chi connectivity index (χ2n) is 4.23. The highest BCUT2D eigenvalue weighted by molar-refractivity contribution is 9.10. The van der Waals surface area contributed by atoms with Gasteiger partial charge in [-0.25, -0.2) is 0 Å². The van der Waals surface area contributed by atoms with Gasteiger partial charge in [-0.2, -0.15) is 0 Å². The topological polar surface area (TPSA) is 38.3 Å². The van der Waals surface area contributed by atoms with Crippen LogP contribution in [0.1, 0.15) is 5.56 Å². The summed E-state index contributed by atoms with van der Waals surface area (Å²) in [5, 5.41) is 3.21. The van der Waals surface area contributed by atoms with Crippen molar-refractivity contribution >= 4 is 39.1 Å². The van der Waals surface area contributed by atoms with Crippen molar-refractivity contribution < 1.29 is 9.53 Å². The number of carbonyl (C=O) groups excluding carboxylic acids is 1. The van der Waals surface area contributed by atoms with Gasteiger partial charge in [0.25, 0.3) is 5.91 Å². The minimum Gasteiger partial charge on any atom is -0.482 e. The molecule has 0 aliphatic rings. The Morgan fingerprint density at radius 3 is 2.70 bits per heavy atom. The molecular formula is C15H13BrClNO2. The molecule has 0 unspecified atom stereocenters. The third kappa shape index (κ3) is 3.99. The lowest BCUT2D eigenvalue weighted by molar-refractivity contribution is -0.118. The molecule has 0 heterocycles. The van der Waals surface area contributed by atoms with E-state index in [-0.39, 0.29) is 12.5 Å². The molecule has 2 aromatic rings. The molecule has 0 saturated carbocycles. The van der Waals surface area contributed by atoms with Gasteiger partial charge >= 0.3 is 0 Å². The summed E-state index contributed by atoms with van der Waals surface area (Å²) in [5.41, 5.74) is 1.73. The van der Waals surface area contributed by atoms with E-state index in [1.165, 1.54) is 0 Å². The second-order valence-corrected chi connectivity index (χ2v) is 5.50. The van der Waals surface area contributed by atoms with Crippen LogP contribution in [-0.2, 0) is 4.79 Å². The van der Waals surface area contributed by atoms with Gasteiger partial charge in [0.2, 0.25) is 0 Å². The lowest BCUT2D eigenvalue weighted by Crippen LogP contribution is -2.20. The summed E-state index contributed by atoms with van der Waals surface area (Å²) in [6.45, 7) is 1.84. The first kappa shape index (κ1) is 14.9. The molecule has 0 atom stereocenters. The summed E-state index contributed by atoms with van der Waals surface area (Å²) in [6, 6.07) is 12.8. The van der Waals surface area contributed by atoms with Gasteiger partial charge in [-0.3, -0.25) is 4.79 Å². The lowest BCUT2D eigenvalue weighted by Gasteiger charge is -2.10. The van der Waals surface area contributed by atoms with Gasteiger partial charge in [0.05, 0.1) is 5.02 Å². The molecule has 2 rings (SSSR count). The minimum absolute atomic E-state index is 0.0876. The number of para-hydroxylation sites is 1. The van der Waals surface area contributed by atoms with Crippen LogP contribution >= 0.6 is 27.5 Å². The van der Waals surface area contributed by atoms with E-state index in [1.54, 1.807) is 12.1 Å². The van der Waals surface area contributed by atoms with Gasteiger partial charge in [0, 0.05) is 10.2 Å². The molecule has 2 aromatic carbocycles. The van der Waals surface area contributed by atoms with Crippen molar-refractivity contribution in [2.45, 2.75) is 6.92 Å². The summed E-state index contributed by atoms with van der Waals surface area (Å²) >= 11 is 9.44. The molecule has 0 aliphatic heterocycles. The molecule has 3 nitrogen and oxygen atoms in total. The van der Waals surface area contributed by atoms with E-state index in [1.807, 2.05) is 37.3 Å². The number of anilines is 1. The van der Waals surface area contributed by atoms with Crippen LogP contribution in [-0.4, -0.2) is 12.5 Å². The fourth-order valence-corrected chi connectivity index (χ4v) is 2.30. The number of ether oxygens (including phenoxy) is 1. The first-order valence-electron chi connectivity index (χ1n) is 5.99. The summed E-state index contributed by atoms with van der Waals surface area (Å²) in [4.78, 5) is 11.8. The highest BCUT2D eigenvalue weighted by atomic mass is 79.9. The Balaban J connectivity index is 1.95. The summed E-state index contributed by atoms with van der Waals surface area (Å²) in [7, 11) is 0. The van der Waals surface area contributed by atoms with E-state index >= 15 is 0 Å². The van der Waals surface area contributed by atoms with Crippen molar-refractivity contribution in [3.8, 4) is 5.75 Å². The second kappa shape index (κ2) is 6.77. The molecule has 0 bridgehead atoms. The van der Waals surface area contributed by atoms with Crippen LogP contribution in [0.15, 0.2) is 46.9 Å². The monoisotopic (exact) mass is 353 g/mol. The van der Waals surface area contributed by atoms with E-state index < -0.39 is 0 Å². The first-order chi connectivity index (χ1) is 9.56. The molecule has 1 N–H and O–H groups in total. The highest BCUT2D eigenvalue weighted by Gasteiger charge is 2.08. The average Bonchev–Trinajstić information content (AvgIpc) is 2.42. The number of nitrogens with one attached hydrogen (secondary N) is 1. The Bertz CT molecular complexity index is 617. The first-order valence-corrected chi connectivity index (χ1v) is 7.16. The van der Waals surface area contributed by atoms with Crippen molar-refractivity contribution in [1.82, 2.24) is 0 Å². The fourth-order valence-electron chi connectivity index (χ4n) is 1.60. The van der Waals surface area contributed by atoms with Crippen LogP contribution in [0.4, 0.5) is 5.69 Å². The molecule has 0 fully saturated rings. The number of hydrogen-bond donors (Lipinski definition) is 1. The molecule has 1 amide bonds. The van der Waals surface area contributed by atoms with Gasteiger partial charge in [0.15, 0.2) is 6.61 Å². The molecule has 20 heavy (non-hydrogen) atoms. The van der Waals surface area contributed by atoms with Crippen LogP contribution in [0.5, 0.6) is 5.75 Å². The quantitative estimate of drug-likeness (QED) is 0.882. The van der Waals surface area contributed by atoms with Gasteiger partial charge in [-0.15, -0.1) is 0 Å². The normalized spacial score (nSPS) is 10.2. The zero-order valence-electron chi connectivity index (χ0n) is 10.8. The van der Waals surface area contributed by atoms with E-state index in [9.17, 15) is 4.79 Å². The van der Waals surface area contributed by atoms with Gasteiger partial charge in [-0.1, -0.05) is 45.7 Å². The Morgan fingerprint density at radius 1 is 1.30 bits per heavy atom. The van der Waals surface area contributed by atoms with Crippen molar-refractivity contribution in [3.05, 3.63) is 57.5 Å². The molecule has 0 aliphatic carbocycles. The largest absolute Gasteiger partial charge is 0.482 e. The maximum Gasteiger partial charge on any atom is 0.262 e. The zero-order valence-corrected chi connectivity index (χ0v) is 13.2. The molecule has 104 valence electrons. The molecule has 0 aromatic heterocycles. The summed E-state index contributed by atoms with van der Waals surface area (Å²) in [5.74, 6) is 0.267. The fraction of sp³-hybridized carbons (Fsp3) is 0.133. The maximum atomic E-state index is 11.8. The van der Waals surface area contributed by atoms with Crippen molar-refractivity contribution in [3.63, 3.8) is 0 Å². The van der Waals surface area contributed by atoms with E-state index in [4.69, 9.17) is 16.3 Å². The van der Waals surface area contributed by atoms with Crippen LogP contribution in [0.25, 0.3) is 0 Å². The SMILES string of the molecule is Cc1cc(OCC(=O)Nc2ccccc2)c(Cl)cc1Br. The zero-order chi connectivity index (χ0) is 14.5. The van der Waals surface area contributed by atoms with Gasteiger partial charge < -0.3 is 10.1 Å². The highest BCUT2D eigenvalue weighted by Crippen LogP contribution is 2.30. The van der Waals surface area contributed by atoms with E-state index in [2.05, 4.69) is 21.2 Å². The Hall–Kier alpha value is -1.52. The number of hydrogen-bond acceptors (Lipinski definition) is 2. The average molecular weight is 355 g/mol. The van der Waals surface area contributed by atoms with Crippen LogP contribution < -0.4 is 10.1 Å². The van der Waals surface area contributed by atoms with Crippen LogP contribution in [0, 0.1) is 6.92 Å². The van der Waals surface area contributed by atoms with Gasteiger partial charge in [0.1, 0.15) is 5.75 Å². The Morgan fingerprint density at radius 2 is 2.00 bits per heavy atom. The number of rotatable bonds is 4. The predicted molar refractivity (Wildman–Crippen MR) is 84.5 cm³/mol. The lowest BCUT2D eigenvalue weighted by atomic mass is 10.2. The van der Waals surface area contributed by atoms with Crippen LogP contribution in [0.2, 0.25) is 5.02 Å². The third-order valence-corrected chi connectivity index (χ3v) is 3.78. The standard InChI is InChI=1S/C15H13BrClNO2/c1-10-7-14(13(17)8-12(10)16)20-9-15(19)18-11-5-3-2-4-6-11/h2-8H,9H2,1H3,(H,18,19). The number of amides is 1. The summed E-state index contributed by atoms with van der Waals surface area (Å²) < 4.78 is 6.35. The van der Waals surface area contributed by atoms with E-state index in [0.29, 0.717) is 10.8 Å². The van der Waals surface area contributed by atoms with E-state index in [0.717, 1.165) is 15.7 Å². The molecule has 0 radical (unpaired) electrons. The maximum absolute atomic E-state index is 11.8. The molecule has 0 saturated heterocycles. The Labute approximate surface area is 131 Å². The molecule has 0 spiro atoms. The smallest absolute Gasteiger partial charge is 0.262 e. The van der Waals surface area contributed by atoms with Crippen LogP contribution in [0.3, 0.4) is 0 Å². The number of aryl methyl sites for hydroxylation is 1. The Kier molecular flexibility index (Phi) is 5.04. The third-order valence-electron chi connectivity index (χ3n) is 2.63. The minimum atomic E-state index is -0.229.